The molecule has 3 aliphatic rings. The number of aryl methyl sites for hydroxylation is 1. The zero-order valence-electron chi connectivity index (χ0n) is 28.8. The molecule has 2 fully saturated rings. The largest absolute Gasteiger partial charge is 0.488 e. The van der Waals surface area contributed by atoms with Crippen LogP contribution in [0.5, 0.6) is 5.75 Å². The van der Waals surface area contributed by atoms with Gasteiger partial charge in [-0.3, -0.25) is 4.68 Å². The molecule has 1 aliphatic carbocycles. The third-order valence-corrected chi connectivity index (χ3v) is 11.0. The lowest BCUT2D eigenvalue weighted by Gasteiger charge is -2.34. The molecule has 0 radical (unpaired) electrons. The summed E-state index contributed by atoms with van der Waals surface area (Å²) in [5.41, 5.74) is 4.14. The average Bonchev–Trinajstić information content (AvgIpc) is 3.62. The second-order valence-corrected chi connectivity index (χ2v) is 17.1. The number of benzene rings is 1. The molecule has 2 aromatic heterocycles. The molecule has 1 amide bonds. The number of hydrogen-bond donors (Lipinski definition) is 2. The van der Waals surface area contributed by atoms with Crippen molar-refractivity contribution in [2.45, 2.75) is 109 Å². The topological polar surface area (TPSA) is 141 Å². The van der Waals surface area contributed by atoms with E-state index in [0.29, 0.717) is 24.7 Å². The van der Waals surface area contributed by atoms with Gasteiger partial charge in [-0.15, -0.1) is 0 Å². The SMILES string of the molecule is Cc1cc(Nc2ncc(Cl)c(Nc3cn(C4CC4)nc3S(=O)(=O)CC(C)C)n2)c2c(c1C1CCN(C(=O)OC(C)(C)C)CC1)C[C@@H](C)O2. The Balaban J connectivity index is 1.24. The van der Waals surface area contributed by atoms with Gasteiger partial charge in [-0.2, -0.15) is 10.1 Å². The van der Waals surface area contributed by atoms with E-state index in [-0.39, 0.29) is 51.7 Å². The average molecular weight is 700 g/mol. The molecule has 1 aromatic carbocycles. The minimum Gasteiger partial charge on any atom is -0.488 e. The van der Waals surface area contributed by atoms with Crippen LogP contribution in [-0.4, -0.2) is 69.7 Å². The number of amides is 1. The minimum atomic E-state index is -3.65. The molecule has 0 bridgehead atoms. The summed E-state index contributed by atoms with van der Waals surface area (Å²) >= 11 is 6.54. The molecule has 2 N–H and O–H groups in total. The number of carbonyl (C=O) groups is 1. The smallest absolute Gasteiger partial charge is 0.410 e. The number of carbonyl (C=O) groups excluding carboxylic acids is 1. The third kappa shape index (κ3) is 7.51. The van der Waals surface area contributed by atoms with Crippen molar-refractivity contribution in [1.82, 2.24) is 24.6 Å². The Labute approximate surface area is 287 Å². The van der Waals surface area contributed by atoms with Gasteiger partial charge < -0.3 is 25.0 Å². The number of aromatic nitrogens is 4. The van der Waals surface area contributed by atoms with E-state index in [2.05, 4.69) is 45.6 Å². The van der Waals surface area contributed by atoms with Gasteiger partial charge in [0.25, 0.3) is 0 Å². The number of nitrogens with zero attached hydrogens (tertiary/aromatic N) is 5. The van der Waals surface area contributed by atoms with Gasteiger partial charge in [0.05, 0.1) is 35.6 Å². The lowest BCUT2D eigenvalue weighted by Crippen LogP contribution is -2.41. The van der Waals surface area contributed by atoms with Gasteiger partial charge in [0, 0.05) is 25.1 Å². The highest BCUT2D eigenvalue weighted by Gasteiger charge is 2.34. The molecular weight excluding hydrogens is 654 g/mol. The molecule has 260 valence electrons. The van der Waals surface area contributed by atoms with Gasteiger partial charge in [0.2, 0.25) is 11.0 Å². The Morgan fingerprint density at radius 2 is 1.85 bits per heavy atom. The van der Waals surface area contributed by atoms with Gasteiger partial charge in [-0.1, -0.05) is 25.4 Å². The van der Waals surface area contributed by atoms with Gasteiger partial charge in [-0.05, 0) is 89.3 Å². The number of rotatable bonds is 9. The highest BCUT2D eigenvalue weighted by molar-refractivity contribution is 7.91. The summed E-state index contributed by atoms with van der Waals surface area (Å²) in [5.74, 6) is 1.54. The predicted molar refractivity (Wildman–Crippen MR) is 186 cm³/mol. The molecule has 3 aromatic rings. The number of ether oxygens (including phenoxy) is 2. The Hall–Kier alpha value is -3.58. The minimum absolute atomic E-state index is 0.000490. The standard InChI is InChI=1S/C34H46ClN7O5S/c1-19(2)18-48(44,45)31-27(17-42(40-31)23-8-9-23)37-30-25(35)16-36-32(39-30)38-26-14-20(3)28(24-15-21(4)46-29(24)26)22-10-12-41(13-11-22)33(43)47-34(5,6)7/h14,16-17,19,21-23H,8-13,15,18H2,1-7H3,(H2,36,37,38,39)/t21-/m1/s1. The molecule has 0 unspecified atom stereocenters. The van der Waals surface area contributed by atoms with Crippen LogP contribution >= 0.6 is 11.6 Å². The maximum absolute atomic E-state index is 13.3. The summed E-state index contributed by atoms with van der Waals surface area (Å²) in [4.78, 5) is 23.5. The number of anilines is 4. The molecule has 4 heterocycles. The van der Waals surface area contributed by atoms with Crippen molar-refractivity contribution in [3.05, 3.63) is 40.2 Å². The van der Waals surface area contributed by atoms with Crippen LogP contribution in [0.3, 0.4) is 0 Å². The van der Waals surface area contributed by atoms with Gasteiger partial charge >= 0.3 is 6.09 Å². The Morgan fingerprint density at radius 1 is 1.15 bits per heavy atom. The van der Waals surface area contributed by atoms with E-state index < -0.39 is 15.4 Å². The number of piperidine rings is 1. The zero-order valence-corrected chi connectivity index (χ0v) is 30.3. The fourth-order valence-corrected chi connectivity index (χ4v) is 8.42. The van der Waals surface area contributed by atoms with Crippen LogP contribution in [0.25, 0.3) is 0 Å². The fourth-order valence-electron chi connectivity index (χ4n) is 6.59. The molecule has 1 saturated carbocycles. The zero-order chi connectivity index (χ0) is 34.5. The first kappa shape index (κ1) is 34.3. The van der Waals surface area contributed by atoms with Crippen LogP contribution in [0.15, 0.2) is 23.5 Å². The summed E-state index contributed by atoms with van der Waals surface area (Å²) in [6, 6.07) is 2.26. The van der Waals surface area contributed by atoms with Crippen LogP contribution in [-0.2, 0) is 21.0 Å². The highest BCUT2D eigenvalue weighted by atomic mass is 35.5. The van der Waals surface area contributed by atoms with E-state index in [1.54, 1.807) is 15.8 Å². The summed E-state index contributed by atoms with van der Waals surface area (Å²) in [6.45, 7) is 14.8. The number of hydrogen-bond acceptors (Lipinski definition) is 10. The van der Waals surface area contributed by atoms with Crippen molar-refractivity contribution in [1.29, 1.82) is 0 Å². The molecule has 2 aliphatic heterocycles. The van der Waals surface area contributed by atoms with Crippen molar-refractivity contribution in [2.75, 3.05) is 29.5 Å². The van der Waals surface area contributed by atoms with E-state index in [9.17, 15) is 13.2 Å². The van der Waals surface area contributed by atoms with Gasteiger partial charge in [-0.25, -0.2) is 18.2 Å². The maximum atomic E-state index is 13.3. The van der Waals surface area contributed by atoms with E-state index in [1.165, 1.54) is 17.3 Å². The van der Waals surface area contributed by atoms with Gasteiger partial charge in [0.15, 0.2) is 15.7 Å². The summed E-state index contributed by atoms with van der Waals surface area (Å²) < 4.78 is 40.2. The Bertz CT molecular complexity index is 1810. The van der Waals surface area contributed by atoms with E-state index >= 15 is 0 Å². The summed E-state index contributed by atoms with van der Waals surface area (Å²) in [7, 11) is -3.65. The normalized spacial score (nSPS) is 18.5. The van der Waals surface area contributed by atoms with Crippen LogP contribution in [0.4, 0.5) is 27.9 Å². The van der Waals surface area contributed by atoms with Gasteiger partial charge in [0.1, 0.15) is 22.5 Å². The molecule has 12 nitrogen and oxygen atoms in total. The second kappa shape index (κ2) is 13.0. The van der Waals surface area contributed by atoms with Crippen molar-refractivity contribution in [2.24, 2.45) is 5.92 Å². The lowest BCUT2D eigenvalue weighted by molar-refractivity contribution is 0.0204. The molecule has 48 heavy (non-hydrogen) atoms. The highest BCUT2D eigenvalue weighted by Crippen LogP contribution is 2.46. The Morgan fingerprint density at radius 3 is 2.50 bits per heavy atom. The molecule has 1 saturated heterocycles. The first-order valence-corrected chi connectivity index (χ1v) is 18.8. The van der Waals surface area contributed by atoms with E-state index in [0.717, 1.165) is 49.1 Å². The maximum Gasteiger partial charge on any atom is 0.410 e. The first-order chi connectivity index (χ1) is 22.6. The third-order valence-electron chi connectivity index (χ3n) is 8.71. The monoisotopic (exact) mass is 699 g/mol. The first-order valence-electron chi connectivity index (χ1n) is 16.8. The quantitative estimate of drug-likeness (QED) is 0.233. The number of likely N-dealkylation sites (tertiary alicyclic amines) is 1. The molecule has 6 rings (SSSR count). The van der Waals surface area contributed by atoms with Crippen molar-refractivity contribution < 1.29 is 22.7 Å². The number of nitrogens with one attached hydrogen (secondary N) is 2. The predicted octanol–water partition coefficient (Wildman–Crippen LogP) is 7.32. The van der Waals surface area contributed by atoms with Crippen molar-refractivity contribution in [3.63, 3.8) is 0 Å². The fraction of sp³-hybridized carbons (Fsp3) is 0.588. The van der Waals surface area contributed by atoms with Crippen LogP contribution in [0, 0.1) is 12.8 Å². The second-order valence-electron chi connectivity index (χ2n) is 14.7. The van der Waals surface area contributed by atoms with Crippen LogP contribution in [0.1, 0.15) is 95.9 Å². The molecular formula is C34H46ClN7O5S. The van der Waals surface area contributed by atoms with E-state index in [4.69, 9.17) is 21.1 Å². The molecule has 1 atom stereocenters. The van der Waals surface area contributed by atoms with E-state index in [1.807, 2.05) is 34.6 Å². The summed E-state index contributed by atoms with van der Waals surface area (Å²) in [5, 5.41) is 11.2. The number of halogens is 1. The van der Waals surface area contributed by atoms with Crippen molar-refractivity contribution in [3.8, 4) is 5.75 Å². The van der Waals surface area contributed by atoms with Crippen LogP contribution in [0.2, 0.25) is 5.02 Å². The number of sulfone groups is 1. The molecule has 14 heteroatoms. The lowest BCUT2D eigenvalue weighted by atomic mass is 9.82. The number of fused-ring (bicyclic) bond motifs is 1. The van der Waals surface area contributed by atoms with Crippen LogP contribution < -0.4 is 15.4 Å². The summed E-state index contributed by atoms with van der Waals surface area (Å²) in [6.07, 6.45) is 7.32. The molecule has 0 spiro atoms. The Kier molecular flexibility index (Phi) is 9.31. The van der Waals surface area contributed by atoms with Crippen molar-refractivity contribution >= 4 is 50.7 Å².